The topological polar surface area (TPSA) is 66.5 Å². The molecule has 2 saturated heterocycles. The lowest BCUT2D eigenvalue weighted by molar-refractivity contribution is -0.142. The fourth-order valence-electron chi connectivity index (χ4n) is 2.83. The van der Waals surface area contributed by atoms with Crippen molar-refractivity contribution in [3.8, 4) is 0 Å². The molecule has 1 N–H and O–H groups in total. The van der Waals surface area contributed by atoms with Gasteiger partial charge in [-0.25, -0.2) is 0 Å². The highest BCUT2D eigenvalue weighted by Gasteiger charge is 2.40. The number of rotatable bonds is 4. The average molecular weight is 320 g/mol. The van der Waals surface area contributed by atoms with Gasteiger partial charge in [0.1, 0.15) is 6.04 Å². The summed E-state index contributed by atoms with van der Waals surface area (Å²) < 4.78 is 0. The maximum atomic E-state index is 12.3. The van der Waals surface area contributed by atoms with Gasteiger partial charge in [-0.2, -0.15) is 0 Å². The van der Waals surface area contributed by atoms with Crippen LogP contribution in [-0.2, 0) is 14.4 Å². The van der Waals surface area contributed by atoms with E-state index in [9.17, 15) is 14.4 Å². The molecule has 0 radical (unpaired) electrons. The fourth-order valence-corrected chi connectivity index (χ4v) is 2.83. The maximum absolute atomic E-state index is 12.3. The Morgan fingerprint density at radius 2 is 1.87 bits per heavy atom. The Bertz CT molecular complexity index is 520. The average Bonchev–Trinajstić information content (AvgIpc) is 2.83. The van der Waals surface area contributed by atoms with Gasteiger partial charge in [0.25, 0.3) is 0 Å². The van der Waals surface area contributed by atoms with E-state index in [-0.39, 0.29) is 24.1 Å². The highest BCUT2D eigenvalue weighted by atomic mass is 16.2. The quantitative estimate of drug-likeness (QED) is 0.810. The largest absolute Gasteiger partial charge is 0.300 e. The fraction of sp³-hybridized carbons (Fsp3) is 0.611. The summed E-state index contributed by atoms with van der Waals surface area (Å²) in [6.07, 6.45) is 7.83. The van der Waals surface area contributed by atoms with Crippen LogP contribution in [0.2, 0.25) is 0 Å². The summed E-state index contributed by atoms with van der Waals surface area (Å²) in [6.45, 7) is 8.11. The van der Waals surface area contributed by atoms with Crippen LogP contribution < -0.4 is 5.32 Å². The number of hydrogen-bond donors (Lipinski definition) is 1. The number of amides is 3. The van der Waals surface area contributed by atoms with Crippen molar-refractivity contribution in [3.63, 3.8) is 0 Å². The Balaban J connectivity index is 0.00000127. The van der Waals surface area contributed by atoms with Gasteiger partial charge in [0.15, 0.2) is 0 Å². The molecule has 1 atom stereocenters. The molecule has 2 heterocycles. The summed E-state index contributed by atoms with van der Waals surface area (Å²) in [7, 11) is 0. The lowest BCUT2D eigenvalue weighted by atomic mass is 10.0. The van der Waals surface area contributed by atoms with E-state index in [4.69, 9.17) is 0 Å². The predicted octanol–water partition coefficient (Wildman–Crippen LogP) is 3.07. The molecule has 2 aliphatic rings. The van der Waals surface area contributed by atoms with Crippen LogP contribution in [0.1, 0.15) is 66.2 Å². The molecule has 3 amide bonds. The second-order valence-electron chi connectivity index (χ2n) is 5.42. The van der Waals surface area contributed by atoms with Crippen LogP contribution in [0.4, 0.5) is 0 Å². The van der Waals surface area contributed by atoms with Crippen molar-refractivity contribution in [2.75, 3.05) is 0 Å². The number of allylic oxidation sites excluding steroid dienone is 3. The van der Waals surface area contributed by atoms with E-state index in [1.165, 1.54) is 0 Å². The normalized spacial score (nSPS) is 24.8. The number of hydrogen-bond acceptors (Lipinski definition) is 3. The molecule has 23 heavy (non-hydrogen) atoms. The molecule has 0 aromatic rings. The van der Waals surface area contributed by atoms with E-state index < -0.39 is 6.04 Å². The molecule has 1 unspecified atom stereocenters. The van der Waals surface area contributed by atoms with Gasteiger partial charge in [0.05, 0.1) is 6.42 Å². The number of carbonyl (C=O) groups is 3. The van der Waals surface area contributed by atoms with Gasteiger partial charge in [-0.3, -0.25) is 24.6 Å². The van der Waals surface area contributed by atoms with Crippen molar-refractivity contribution < 1.29 is 14.4 Å². The number of nitrogens with one attached hydrogen (secondary N) is 1. The summed E-state index contributed by atoms with van der Waals surface area (Å²) in [4.78, 5) is 37.3. The molecule has 5 heteroatoms. The Morgan fingerprint density at radius 1 is 1.17 bits per heavy atom. The van der Waals surface area contributed by atoms with Gasteiger partial charge in [-0.15, -0.1) is 0 Å². The standard InChI is InChI=1S/C16H22N2O3.C2H6/c1-3-5-7-12-11(6-4-2)10-15(20)18(12)13-8-9-14(19)17-16(13)21;1-2/h6-7,13H,3-5,8-10H2,1-2H3,(H,17,19,21);1-2H3/b11-6-,12-7+;. The minimum Gasteiger partial charge on any atom is -0.300 e. The third kappa shape index (κ3) is 4.53. The van der Waals surface area contributed by atoms with Gasteiger partial charge in [-0.1, -0.05) is 46.3 Å². The van der Waals surface area contributed by atoms with Gasteiger partial charge in [0, 0.05) is 12.1 Å². The number of nitrogens with zero attached hydrogens (tertiary/aromatic N) is 1. The molecule has 0 saturated carbocycles. The Kier molecular flexibility index (Phi) is 7.72. The minimum absolute atomic E-state index is 0.0495. The SMILES string of the molecule is CC.CC/C=C1/CC(=O)N(C2CCC(=O)NC2=O)/C1=C/CCC. The third-order valence-electron chi connectivity index (χ3n) is 3.80. The molecule has 0 aromatic carbocycles. The summed E-state index contributed by atoms with van der Waals surface area (Å²) in [6, 6.07) is -0.555. The molecule has 128 valence electrons. The van der Waals surface area contributed by atoms with E-state index in [1.54, 1.807) is 4.90 Å². The van der Waals surface area contributed by atoms with Crippen LogP contribution in [0.5, 0.6) is 0 Å². The van der Waals surface area contributed by atoms with Crippen LogP contribution in [0.15, 0.2) is 23.4 Å². The van der Waals surface area contributed by atoms with E-state index >= 15 is 0 Å². The molecule has 2 rings (SSSR count). The molecular formula is C18H28N2O3. The molecule has 0 spiro atoms. The van der Waals surface area contributed by atoms with Crippen molar-refractivity contribution in [1.82, 2.24) is 10.2 Å². The lowest BCUT2D eigenvalue weighted by Crippen LogP contribution is -2.52. The van der Waals surface area contributed by atoms with Crippen molar-refractivity contribution in [2.24, 2.45) is 0 Å². The van der Waals surface area contributed by atoms with Crippen molar-refractivity contribution >= 4 is 17.7 Å². The zero-order chi connectivity index (χ0) is 17.4. The number of likely N-dealkylation sites (tertiary alicyclic amines) is 1. The van der Waals surface area contributed by atoms with Crippen molar-refractivity contribution in [3.05, 3.63) is 23.4 Å². The highest BCUT2D eigenvalue weighted by molar-refractivity contribution is 6.03. The molecule has 5 nitrogen and oxygen atoms in total. The van der Waals surface area contributed by atoms with Crippen LogP contribution in [0.3, 0.4) is 0 Å². The molecule has 0 aromatic heterocycles. The summed E-state index contributed by atoms with van der Waals surface area (Å²) in [5.41, 5.74) is 1.86. The van der Waals surface area contributed by atoms with Crippen molar-refractivity contribution in [1.29, 1.82) is 0 Å². The van der Waals surface area contributed by atoms with E-state index in [0.29, 0.717) is 12.8 Å². The van der Waals surface area contributed by atoms with Gasteiger partial charge >= 0.3 is 0 Å². The number of unbranched alkanes of at least 4 members (excludes halogenated alkanes) is 1. The maximum Gasteiger partial charge on any atom is 0.249 e. The van der Waals surface area contributed by atoms with Crippen molar-refractivity contribution in [2.45, 2.75) is 72.3 Å². The number of carbonyl (C=O) groups excluding carboxylic acids is 3. The first-order valence-corrected chi connectivity index (χ1v) is 8.63. The van der Waals surface area contributed by atoms with Gasteiger partial charge in [0.2, 0.25) is 17.7 Å². The first kappa shape index (κ1) is 19.1. The highest BCUT2D eigenvalue weighted by Crippen LogP contribution is 2.33. The smallest absolute Gasteiger partial charge is 0.249 e. The van der Waals surface area contributed by atoms with Crippen LogP contribution >= 0.6 is 0 Å². The summed E-state index contributed by atoms with van der Waals surface area (Å²) in [5.74, 6) is -0.669. The summed E-state index contributed by atoms with van der Waals surface area (Å²) in [5, 5.41) is 2.33. The molecule has 2 fully saturated rings. The van der Waals surface area contributed by atoms with E-state index in [2.05, 4.69) is 12.2 Å². The predicted molar refractivity (Wildman–Crippen MR) is 90.3 cm³/mol. The second kappa shape index (κ2) is 9.28. The number of imide groups is 1. The molecule has 0 bridgehead atoms. The lowest BCUT2D eigenvalue weighted by Gasteiger charge is -2.30. The monoisotopic (exact) mass is 320 g/mol. The first-order chi connectivity index (χ1) is 11.1. The first-order valence-electron chi connectivity index (χ1n) is 8.63. The Morgan fingerprint density at radius 3 is 2.43 bits per heavy atom. The van der Waals surface area contributed by atoms with Crippen LogP contribution in [0, 0.1) is 0 Å². The third-order valence-corrected chi connectivity index (χ3v) is 3.80. The van der Waals surface area contributed by atoms with Crippen LogP contribution in [0.25, 0.3) is 0 Å². The van der Waals surface area contributed by atoms with Gasteiger partial charge < -0.3 is 0 Å². The second-order valence-corrected chi connectivity index (χ2v) is 5.42. The zero-order valence-corrected chi connectivity index (χ0v) is 14.6. The zero-order valence-electron chi connectivity index (χ0n) is 14.6. The van der Waals surface area contributed by atoms with E-state index in [1.807, 2.05) is 32.9 Å². The van der Waals surface area contributed by atoms with E-state index in [0.717, 1.165) is 30.5 Å². The summed E-state index contributed by atoms with van der Waals surface area (Å²) >= 11 is 0. The van der Waals surface area contributed by atoms with Gasteiger partial charge in [-0.05, 0) is 24.8 Å². The molecule has 2 aliphatic heterocycles. The Hall–Kier alpha value is -1.91. The molecule has 0 aliphatic carbocycles. The van der Waals surface area contributed by atoms with Crippen LogP contribution in [-0.4, -0.2) is 28.7 Å². The minimum atomic E-state index is -0.555. The Labute approximate surface area is 138 Å². The molecular weight excluding hydrogens is 292 g/mol. The number of piperidine rings is 1.